The third kappa shape index (κ3) is 3.33. The summed E-state index contributed by atoms with van der Waals surface area (Å²) in [6.45, 7) is 4.87. The Hall–Kier alpha value is -2.63. The fourth-order valence-corrected chi connectivity index (χ4v) is 2.41. The normalized spacial score (nSPS) is 15.5. The zero-order chi connectivity index (χ0) is 15.4. The fraction of sp³-hybridized carbons (Fsp3) is 0.312. The van der Waals surface area contributed by atoms with Gasteiger partial charge in [0.1, 0.15) is 17.9 Å². The smallest absolute Gasteiger partial charge is 0.246 e. The molecular formula is C16H18N4O2. The van der Waals surface area contributed by atoms with Crippen molar-refractivity contribution >= 4 is 17.8 Å². The van der Waals surface area contributed by atoms with Crippen LogP contribution in [-0.4, -0.2) is 47.0 Å². The Labute approximate surface area is 129 Å². The number of nitrogens with zero attached hydrogens (tertiary/aromatic N) is 4. The van der Waals surface area contributed by atoms with Crippen molar-refractivity contribution in [2.24, 2.45) is 0 Å². The van der Waals surface area contributed by atoms with Crippen molar-refractivity contribution in [2.45, 2.75) is 6.92 Å². The summed E-state index contributed by atoms with van der Waals surface area (Å²) >= 11 is 0. The predicted octanol–water partition coefficient (Wildman–Crippen LogP) is 1.74. The number of piperazine rings is 1. The van der Waals surface area contributed by atoms with Gasteiger partial charge in [-0.05, 0) is 25.1 Å². The summed E-state index contributed by atoms with van der Waals surface area (Å²) in [5.41, 5.74) is 0.949. The summed E-state index contributed by atoms with van der Waals surface area (Å²) in [4.78, 5) is 24.6. The van der Waals surface area contributed by atoms with Crippen molar-refractivity contribution in [2.75, 3.05) is 31.1 Å². The second-order valence-electron chi connectivity index (χ2n) is 5.18. The Kier molecular flexibility index (Phi) is 4.18. The lowest BCUT2D eigenvalue weighted by Crippen LogP contribution is -2.48. The molecule has 0 unspecified atom stereocenters. The van der Waals surface area contributed by atoms with Crippen LogP contribution in [0.4, 0.5) is 5.82 Å². The van der Waals surface area contributed by atoms with Gasteiger partial charge in [0.05, 0.1) is 6.26 Å². The Balaban J connectivity index is 1.56. The summed E-state index contributed by atoms with van der Waals surface area (Å²) in [7, 11) is 0. The van der Waals surface area contributed by atoms with Gasteiger partial charge in [-0.3, -0.25) is 4.79 Å². The minimum Gasteiger partial charge on any atom is -0.465 e. The Morgan fingerprint density at radius 3 is 2.77 bits per heavy atom. The Bertz CT molecular complexity index is 659. The van der Waals surface area contributed by atoms with E-state index in [0.29, 0.717) is 18.8 Å². The lowest BCUT2D eigenvalue weighted by Gasteiger charge is -2.34. The van der Waals surface area contributed by atoms with Crippen LogP contribution >= 0.6 is 0 Å². The molecule has 0 bridgehead atoms. The number of anilines is 1. The summed E-state index contributed by atoms with van der Waals surface area (Å²) < 4.78 is 5.18. The van der Waals surface area contributed by atoms with E-state index in [9.17, 15) is 4.79 Å². The molecule has 0 atom stereocenters. The van der Waals surface area contributed by atoms with Gasteiger partial charge in [0.2, 0.25) is 5.91 Å². The number of carbonyl (C=O) groups excluding carboxylic acids is 1. The molecule has 0 aromatic carbocycles. The molecule has 0 aliphatic carbocycles. The van der Waals surface area contributed by atoms with E-state index in [-0.39, 0.29) is 5.91 Å². The number of amides is 1. The maximum atomic E-state index is 12.1. The molecule has 1 saturated heterocycles. The first-order chi connectivity index (χ1) is 10.7. The number of hydrogen-bond acceptors (Lipinski definition) is 5. The lowest BCUT2D eigenvalue weighted by molar-refractivity contribution is -0.126. The van der Waals surface area contributed by atoms with Crippen molar-refractivity contribution < 1.29 is 9.21 Å². The molecule has 0 saturated carbocycles. The van der Waals surface area contributed by atoms with E-state index in [1.54, 1.807) is 30.8 Å². The van der Waals surface area contributed by atoms with E-state index in [4.69, 9.17) is 4.42 Å². The molecule has 3 rings (SSSR count). The van der Waals surface area contributed by atoms with Gasteiger partial charge in [-0.25, -0.2) is 9.97 Å². The highest BCUT2D eigenvalue weighted by atomic mass is 16.3. The zero-order valence-electron chi connectivity index (χ0n) is 12.5. The van der Waals surface area contributed by atoms with Gasteiger partial charge < -0.3 is 14.2 Å². The average molecular weight is 298 g/mol. The molecule has 1 aliphatic rings. The molecule has 3 heterocycles. The molecule has 0 spiro atoms. The van der Waals surface area contributed by atoms with Crippen LogP contribution < -0.4 is 4.90 Å². The molecule has 1 aliphatic heterocycles. The van der Waals surface area contributed by atoms with E-state index in [1.165, 1.54) is 0 Å². The van der Waals surface area contributed by atoms with E-state index in [2.05, 4.69) is 14.9 Å². The third-order valence-electron chi connectivity index (χ3n) is 3.64. The van der Waals surface area contributed by atoms with Gasteiger partial charge >= 0.3 is 0 Å². The standard InChI is InChI=1S/C16H18N4O2/c1-13-11-15(18-12-17-13)19-6-8-20(9-7-19)16(21)5-4-14-3-2-10-22-14/h2-5,10-12H,6-9H2,1H3/b5-4+. The molecule has 0 radical (unpaired) electrons. The summed E-state index contributed by atoms with van der Waals surface area (Å²) in [5, 5.41) is 0. The first-order valence-corrected chi connectivity index (χ1v) is 7.26. The van der Waals surface area contributed by atoms with Gasteiger partial charge in [-0.2, -0.15) is 0 Å². The summed E-state index contributed by atoms with van der Waals surface area (Å²) in [5.74, 6) is 1.61. The summed E-state index contributed by atoms with van der Waals surface area (Å²) in [6, 6.07) is 5.58. The largest absolute Gasteiger partial charge is 0.465 e. The third-order valence-corrected chi connectivity index (χ3v) is 3.64. The van der Waals surface area contributed by atoms with Crippen LogP contribution in [0.2, 0.25) is 0 Å². The predicted molar refractivity (Wildman–Crippen MR) is 83.3 cm³/mol. The van der Waals surface area contributed by atoms with Crippen LogP contribution in [0, 0.1) is 6.92 Å². The quantitative estimate of drug-likeness (QED) is 0.808. The summed E-state index contributed by atoms with van der Waals surface area (Å²) in [6.07, 6.45) is 6.42. The number of rotatable bonds is 3. The average Bonchev–Trinajstić information content (AvgIpc) is 3.06. The number of furan rings is 1. The van der Waals surface area contributed by atoms with E-state index in [1.807, 2.05) is 24.0 Å². The van der Waals surface area contributed by atoms with Crippen LogP contribution in [0.15, 0.2) is 41.3 Å². The molecule has 1 amide bonds. The van der Waals surface area contributed by atoms with E-state index in [0.717, 1.165) is 24.6 Å². The molecule has 0 N–H and O–H groups in total. The van der Waals surface area contributed by atoms with Crippen molar-refractivity contribution in [3.63, 3.8) is 0 Å². The van der Waals surface area contributed by atoms with Gasteiger partial charge in [0.15, 0.2) is 0 Å². The SMILES string of the molecule is Cc1cc(N2CCN(C(=O)/C=C/c3ccco3)CC2)ncn1. The number of aryl methyl sites for hydroxylation is 1. The van der Waals surface area contributed by atoms with Crippen LogP contribution in [0.25, 0.3) is 6.08 Å². The highest BCUT2D eigenvalue weighted by Crippen LogP contribution is 2.14. The van der Waals surface area contributed by atoms with Crippen molar-refractivity contribution in [1.29, 1.82) is 0 Å². The van der Waals surface area contributed by atoms with E-state index < -0.39 is 0 Å². The van der Waals surface area contributed by atoms with Crippen LogP contribution in [0.5, 0.6) is 0 Å². The van der Waals surface area contributed by atoms with Gasteiger partial charge in [-0.15, -0.1) is 0 Å². The lowest BCUT2D eigenvalue weighted by atomic mass is 10.2. The highest BCUT2D eigenvalue weighted by Gasteiger charge is 2.20. The zero-order valence-corrected chi connectivity index (χ0v) is 12.5. The molecule has 2 aromatic rings. The van der Waals surface area contributed by atoms with Crippen molar-refractivity contribution in [1.82, 2.24) is 14.9 Å². The first-order valence-electron chi connectivity index (χ1n) is 7.26. The molecular weight excluding hydrogens is 280 g/mol. The van der Waals surface area contributed by atoms with Crippen LogP contribution in [-0.2, 0) is 4.79 Å². The second-order valence-corrected chi connectivity index (χ2v) is 5.18. The van der Waals surface area contributed by atoms with Crippen LogP contribution in [0.1, 0.15) is 11.5 Å². The van der Waals surface area contributed by atoms with E-state index >= 15 is 0 Å². The molecule has 2 aromatic heterocycles. The molecule has 6 nitrogen and oxygen atoms in total. The van der Waals surface area contributed by atoms with Crippen molar-refractivity contribution in [3.8, 4) is 0 Å². The molecule has 114 valence electrons. The van der Waals surface area contributed by atoms with Gasteiger partial charge in [0.25, 0.3) is 0 Å². The minimum absolute atomic E-state index is 0.00918. The monoisotopic (exact) mass is 298 g/mol. The topological polar surface area (TPSA) is 62.5 Å². The minimum atomic E-state index is 0.00918. The van der Waals surface area contributed by atoms with Crippen molar-refractivity contribution in [3.05, 3.63) is 48.3 Å². The van der Waals surface area contributed by atoms with Gasteiger partial charge in [-0.1, -0.05) is 0 Å². The number of hydrogen-bond donors (Lipinski definition) is 0. The van der Waals surface area contributed by atoms with Gasteiger partial charge in [0, 0.05) is 44.0 Å². The molecule has 6 heteroatoms. The molecule has 22 heavy (non-hydrogen) atoms. The maximum Gasteiger partial charge on any atom is 0.246 e. The number of aromatic nitrogens is 2. The fourth-order valence-electron chi connectivity index (χ4n) is 2.41. The Morgan fingerprint density at radius 1 is 1.27 bits per heavy atom. The number of carbonyl (C=O) groups is 1. The maximum absolute atomic E-state index is 12.1. The highest BCUT2D eigenvalue weighted by molar-refractivity contribution is 5.91. The second kappa shape index (κ2) is 6.43. The first kappa shape index (κ1) is 14.3. The Morgan fingerprint density at radius 2 is 2.09 bits per heavy atom. The van der Waals surface area contributed by atoms with Crippen LogP contribution in [0.3, 0.4) is 0 Å². The molecule has 1 fully saturated rings.